The minimum Gasteiger partial charge on any atom is -0.338 e. The van der Waals surface area contributed by atoms with Gasteiger partial charge in [-0.05, 0) is 48.0 Å². The maximum Gasteiger partial charge on any atom is 0.131 e. The second kappa shape index (κ2) is 5.49. The van der Waals surface area contributed by atoms with Crippen molar-refractivity contribution < 1.29 is 0 Å². The number of hydrogen-bond acceptors (Lipinski definition) is 1. The van der Waals surface area contributed by atoms with Gasteiger partial charge in [-0.2, -0.15) is 0 Å². The first-order valence-electron chi connectivity index (χ1n) is 5.90. The number of nitrogens with zero attached hydrogens (tertiary/aromatic N) is 1. The molecule has 1 N–H and O–H groups in total. The average Bonchev–Trinajstić information content (AvgIpc) is 2.79. The number of aromatic amines is 1. The molecule has 0 unspecified atom stereocenters. The number of imidazole rings is 1. The van der Waals surface area contributed by atoms with Gasteiger partial charge in [0.05, 0.1) is 11.0 Å². The lowest BCUT2D eigenvalue weighted by Gasteiger charge is -1.97. The fourth-order valence-corrected chi connectivity index (χ4v) is 2.53. The summed E-state index contributed by atoms with van der Waals surface area (Å²) < 4.78 is 0. The van der Waals surface area contributed by atoms with Crippen LogP contribution in [0, 0.1) is 0 Å². The summed E-state index contributed by atoms with van der Waals surface area (Å²) in [7, 11) is 0. The average molecular weight is 324 g/mol. The third-order valence-electron chi connectivity index (χ3n) is 2.85. The lowest BCUT2D eigenvalue weighted by Crippen LogP contribution is -1.77. The first-order valence-corrected chi connectivity index (χ1v) is 7.03. The van der Waals surface area contributed by atoms with E-state index in [0.717, 1.165) is 22.4 Å². The Hall–Kier alpha value is -1.48. The van der Waals surface area contributed by atoms with E-state index < -0.39 is 0 Å². The first kappa shape index (κ1) is 13.5. The van der Waals surface area contributed by atoms with Crippen molar-refractivity contribution >= 4 is 58.0 Å². The van der Waals surface area contributed by atoms with Crippen molar-refractivity contribution in [3.05, 3.63) is 62.9 Å². The van der Waals surface area contributed by atoms with Gasteiger partial charge in [0.2, 0.25) is 0 Å². The molecule has 2 aromatic carbocycles. The Bertz CT molecular complexity index is 806. The minimum absolute atomic E-state index is 0.605. The fourth-order valence-electron chi connectivity index (χ4n) is 1.89. The molecular weight excluding hydrogens is 315 g/mol. The molecule has 100 valence electrons. The van der Waals surface area contributed by atoms with Gasteiger partial charge in [0, 0.05) is 15.1 Å². The zero-order valence-corrected chi connectivity index (χ0v) is 12.5. The summed E-state index contributed by atoms with van der Waals surface area (Å²) in [6, 6.07) is 10.9. The summed E-state index contributed by atoms with van der Waals surface area (Å²) >= 11 is 17.9. The fraction of sp³-hybridized carbons (Fsp3) is 0. The molecule has 3 rings (SSSR count). The van der Waals surface area contributed by atoms with Gasteiger partial charge in [0.1, 0.15) is 5.82 Å². The highest BCUT2D eigenvalue weighted by Crippen LogP contribution is 2.23. The Labute approximate surface area is 131 Å². The van der Waals surface area contributed by atoms with Gasteiger partial charge >= 0.3 is 0 Å². The zero-order valence-electron chi connectivity index (χ0n) is 10.2. The van der Waals surface area contributed by atoms with Crippen LogP contribution in [-0.4, -0.2) is 9.97 Å². The summed E-state index contributed by atoms with van der Waals surface area (Å²) in [4.78, 5) is 7.63. The Morgan fingerprint density at radius 3 is 2.45 bits per heavy atom. The van der Waals surface area contributed by atoms with Gasteiger partial charge in [0.25, 0.3) is 0 Å². The topological polar surface area (TPSA) is 28.7 Å². The monoisotopic (exact) mass is 322 g/mol. The van der Waals surface area contributed by atoms with Crippen LogP contribution in [0.4, 0.5) is 0 Å². The molecule has 2 nitrogen and oxygen atoms in total. The Balaban J connectivity index is 1.94. The number of fused-ring (bicyclic) bond motifs is 1. The third kappa shape index (κ3) is 2.83. The summed E-state index contributed by atoms with van der Waals surface area (Å²) in [5, 5.41) is 1.90. The number of rotatable bonds is 2. The number of hydrogen-bond donors (Lipinski definition) is 1. The number of aromatic nitrogens is 2. The molecule has 1 heterocycles. The maximum atomic E-state index is 6.11. The molecule has 0 fully saturated rings. The van der Waals surface area contributed by atoms with Crippen LogP contribution in [0.5, 0.6) is 0 Å². The Kier molecular flexibility index (Phi) is 3.70. The van der Waals surface area contributed by atoms with Gasteiger partial charge in [-0.25, -0.2) is 4.98 Å². The molecule has 5 heteroatoms. The smallest absolute Gasteiger partial charge is 0.131 e. The molecule has 0 saturated carbocycles. The number of halogens is 3. The molecule has 1 aromatic heterocycles. The van der Waals surface area contributed by atoms with Gasteiger partial charge < -0.3 is 4.98 Å². The second-order valence-corrected chi connectivity index (χ2v) is 5.56. The van der Waals surface area contributed by atoms with Crippen molar-refractivity contribution in [1.82, 2.24) is 9.97 Å². The molecular formula is C15H9Cl3N2. The summed E-state index contributed by atoms with van der Waals surface area (Å²) in [6.07, 6.45) is 3.75. The van der Waals surface area contributed by atoms with Crippen molar-refractivity contribution in [2.24, 2.45) is 0 Å². The predicted octanol–water partition coefficient (Wildman–Crippen LogP) is 5.69. The molecule has 0 atom stereocenters. The van der Waals surface area contributed by atoms with Crippen molar-refractivity contribution in [3.63, 3.8) is 0 Å². The van der Waals surface area contributed by atoms with Crippen LogP contribution in [-0.2, 0) is 0 Å². The lowest BCUT2D eigenvalue weighted by atomic mass is 10.2. The molecule has 0 bridgehead atoms. The molecule has 0 amide bonds. The van der Waals surface area contributed by atoms with Crippen molar-refractivity contribution in [2.45, 2.75) is 0 Å². The normalized spacial score (nSPS) is 11.6. The van der Waals surface area contributed by atoms with Crippen LogP contribution in [0.3, 0.4) is 0 Å². The minimum atomic E-state index is 0.605. The van der Waals surface area contributed by atoms with E-state index in [1.807, 2.05) is 36.4 Å². The second-order valence-electron chi connectivity index (χ2n) is 4.28. The van der Waals surface area contributed by atoms with E-state index in [1.54, 1.807) is 12.1 Å². The highest BCUT2D eigenvalue weighted by molar-refractivity contribution is 6.35. The van der Waals surface area contributed by atoms with Crippen molar-refractivity contribution in [1.29, 1.82) is 0 Å². The lowest BCUT2D eigenvalue weighted by molar-refractivity contribution is 1.29. The standard InChI is InChI=1S/C15H9Cl3N2/c16-10-3-1-9(12(18)7-10)2-6-15-19-13-5-4-11(17)8-14(13)20-15/h1-8H,(H,19,20). The molecule has 0 aliphatic heterocycles. The van der Waals surface area contributed by atoms with E-state index in [1.165, 1.54) is 0 Å². The van der Waals surface area contributed by atoms with Crippen LogP contribution in [0.15, 0.2) is 36.4 Å². The van der Waals surface area contributed by atoms with Crippen LogP contribution in [0.25, 0.3) is 23.2 Å². The van der Waals surface area contributed by atoms with Gasteiger partial charge in [0.15, 0.2) is 0 Å². The molecule has 0 radical (unpaired) electrons. The SMILES string of the molecule is Clc1ccc(C=Cc2nc3ccc(Cl)cc3[nH]2)c(Cl)c1. The quantitative estimate of drug-likeness (QED) is 0.644. The van der Waals surface area contributed by atoms with E-state index in [0.29, 0.717) is 15.1 Å². The van der Waals surface area contributed by atoms with Crippen LogP contribution in [0.1, 0.15) is 11.4 Å². The molecule has 0 aliphatic rings. The van der Waals surface area contributed by atoms with E-state index in [-0.39, 0.29) is 0 Å². The van der Waals surface area contributed by atoms with E-state index in [4.69, 9.17) is 34.8 Å². The Morgan fingerprint density at radius 2 is 1.65 bits per heavy atom. The maximum absolute atomic E-state index is 6.11. The number of benzene rings is 2. The van der Waals surface area contributed by atoms with Crippen LogP contribution < -0.4 is 0 Å². The third-order valence-corrected chi connectivity index (χ3v) is 3.64. The van der Waals surface area contributed by atoms with Gasteiger partial charge in [-0.15, -0.1) is 0 Å². The highest BCUT2D eigenvalue weighted by Gasteiger charge is 2.01. The summed E-state index contributed by atoms with van der Waals surface area (Å²) in [5.74, 6) is 0.744. The summed E-state index contributed by atoms with van der Waals surface area (Å²) in [5.41, 5.74) is 2.66. The van der Waals surface area contributed by atoms with Crippen molar-refractivity contribution in [3.8, 4) is 0 Å². The highest BCUT2D eigenvalue weighted by atomic mass is 35.5. The first-order chi connectivity index (χ1) is 9.61. The molecule has 0 spiro atoms. The predicted molar refractivity (Wildman–Crippen MR) is 86.5 cm³/mol. The van der Waals surface area contributed by atoms with Crippen LogP contribution in [0.2, 0.25) is 15.1 Å². The van der Waals surface area contributed by atoms with E-state index >= 15 is 0 Å². The molecule has 0 saturated heterocycles. The van der Waals surface area contributed by atoms with E-state index in [9.17, 15) is 0 Å². The number of nitrogens with one attached hydrogen (secondary N) is 1. The largest absolute Gasteiger partial charge is 0.338 e. The van der Waals surface area contributed by atoms with Crippen LogP contribution >= 0.6 is 34.8 Å². The summed E-state index contributed by atoms with van der Waals surface area (Å²) in [6.45, 7) is 0. The molecule has 3 aromatic rings. The molecule has 20 heavy (non-hydrogen) atoms. The van der Waals surface area contributed by atoms with E-state index in [2.05, 4.69) is 9.97 Å². The van der Waals surface area contributed by atoms with Gasteiger partial charge in [-0.1, -0.05) is 40.9 Å². The van der Waals surface area contributed by atoms with Gasteiger partial charge in [-0.3, -0.25) is 0 Å². The Morgan fingerprint density at radius 1 is 0.900 bits per heavy atom. The zero-order chi connectivity index (χ0) is 14.1. The molecule has 0 aliphatic carbocycles. The van der Waals surface area contributed by atoms with Crippen molar-refractivity contribution in [2.75, 3.05) is 0 Å². The number of H-pyrrole nitrogens is 1.